The summed E-state index contributed by atoms with van der Waals surface area (Å²) in [6.45, 7) is 6.86. The quantitative estimate of drug-likeness (QED) is 0.518. The summed E-state index contributed by atoms with van der Waals surface area (Å²) in [6, 6.07) is 0. The first-order chi connectivity index (χ1) is 4.22. The first-order valence-electron chi connectivity index (χ1n) is 2.71. The van der Waals surface area contributed by atoms with Gasteiger partial charge >= 0.3 is 0 Å². The van der Waals surface area contributed by atoms with Gasteiger partial charge in [0, 0.05) is 0 Å². The van der Waals surface area contributed by atoms with E-state index in [1.54, 1.807) is 6.08 Å². The van der Waals surface area contributed by atoms with Crippen molar-refractivity contribution in [2.45, 2.75) is 6.42 Å². The number of allylic oxidation sites excluding steroid dienone is 1. The van der Waals surface area contributed by atoms with Crippen LogP contribution in [0.3, 0.4) is 0 Å². The molecule has 0 aromatic heterocycles. The standard InChI is InChI=1S/C7H10NO/c1-3-5-6(4-2)7(8)9/h3-4,6,8H,1-2,5H2. The number of hydrogen-bond acceptors (Lipinski definition) is 1. The molecule has 0 fully saturated rings. The van der Waals surface area contributed by atoms with Crippen LogP contribution in [0.4, 0.5) is 0 Å². The normalized spacial score (nSPS) is 12.0. The second-order valence-corrected chi connectivity index (χ2v) is 1.73. The monoisotopic (exact) mass is 124 g/mol. The molecular weight excluding hydrogens is 114 g/mol. The van der Waals surface area contributed by atoms with Gasteiger partial charge in [0.05, 0.1) is 5.92 Å². The Bertz CT molecular complexity index is 129. The van der Waals surface area contributed by atoms with Crippen LogP contribution >= 0.6 is 0 Å². The highest BCUT2D eigenvalue weighted by molar-refractivity contribution is 5.77. The zero-order valence-electron chi connectivity index (χ0n) is 5.26. The number of rotatable bonds is 4. The van der Waals surface area contributed by atoms with Crippen LogP contribution in [0.1, 0.15) is 6.42 Å². The van der Waals surface area contributed by atoms with E-state index in [4.69, 9.17) is 5.73 Å². The lowest BCUT2D eigenvalue weighted by atomic mass is 10.1. The van der Waals surface area contributed by atoms with Crippen molar-refractivity contribution in [2.24, 2.45) is 5.92 Å². The Balaban J connectivity index is 3.81. The lowest BCUT2D eigenvalue weighted by molar-refractivity contribution is -0.121. The number of amides is 1. The average molecular weight is 124 g/mol. The van der Waals surface area contributed by atoms with Gasteiger partial charge in [-0.3, -0.25) is 10.5 Å². The molecule has 1 N–H and O–H groups in total. The van der Waals surface area contributed by atoms with Crippen LogP contribution in [0.5, 0.6) is 0 Å². The van der Waals surface area contributed by atoms with Crippen LogP contribution in [0.15, 0.2) is 25.3 Å². The van der Waals surface area contributed by atoms with Crippen molar-refractivity contribution in [1.82, 2.24) is 5.73 Å². The SMILES string of the molecule is C=CCC(C=C)C([NH])=O. The van der Waals surface area contributed by atoms with E-state index in [2.05, 4.69) is 13.2 Å². The zero-order valence-corrected chi connectivity index (χ0v) is 5.26. The van der Waals surface area contributed by atoms with Gasteiger partial charge in [-0.25, -0.2) is 0 Å². The maximum absolute atomic E-state index is 10.3. The Morgan fingerprint density at radius 2 is 2.22 bits per heavy atom. The summed E-state index contributed by atoms with van der Waals surface area (Å²) in [7, 11) is 0. The molecule has 2 heteroatoms. The van der Waals surface area contributed by atoms with Crippen molar-refractivity contribution in [3.05, 3.63) is 25.3 Å². The van der Waals surface area contributed by atoms with Crippen LogP contribution < -0.4 is 5.73 Å². The summed E-state index contributed by atoms with van der Waals surface area (Å²) in [6.07, 6.45) is 3.60. The summed E-state index contributed by atoms with van der Waals surface area (Å²) >= 11 is 0. The molecule has 1 unspecified atom stereocenters. The number of nitrogens with one attached hydrogen (secondary N) is 1. The summed E-state index contributed by atoms with van der Waals surface area (Å²) < 4.78 is 0. The van der Waals surface area contributed by atoms with E-state index in [9.17, 15) is 4.79 Å². The molecule has 1 radical (unpaired) electrons. The first kappa shape index (κ1) is 7.95. The molecule has 0 heterocycles. The largest absolute Gasteiger partial charge is 0.273 e. The van der Waals surface area contributed by atoms with E-state index in [0.717, 1.165) is 0 Å². The summed E-state index contributed by atoms with van der Waals surface area (Å²) in [4.78, 5) is 10.3. The second-order valence-electron chi connectivity index (χ2n) is 1.73. The molecule has 0 aliphatic rings. The highest BCUT2D eigenvalue weighted by atomic mass is 16.1. The number of carbonyl (C=O) groups is 1. The van der Waals surface area contributed by atoms with E-state index >= 15 is 0 Å². The predicted molar refractivity (Wildman–Crippen MR) is 36.6 cm³/mol. The van der Waals surface area contributed by atoms with Crippen molar-refractivity contribution >= 4 is 5.91 Å². The van der Waals surface area contributed by atoms with Gasteiger partial charge in [-0.15, -0.1) is 13.2 Å². The van der Waals surface area contributed by atoms with Crippen LogP contribution in [0.25, 0.3) is 0 Å². The highest BCUT2D eigenvalue weighted by Crippen LogP contribution is 2.03. The van der Waals surface area contributed by atoms with Crippen molar-refractivity contribution in [2.75, 3.05) is 0 Å². The van der Waals surface area contributed by atoms with Crippen molar-refractivity contribution < 1.29 is 4.79 Å². The first-order valence-corrected chi connectivity index (χ1v) is 2.71. The fraction of sp³-hybridized carbons (Fsp3) is 0.286. The van der Waals surface area contributed by atoms with E-state index < -0.39 is 5.91 Å². The minimum atomic E-state index is -0.593. The third-order valence-corrected chi connectivity index (χ3v) is 1.04. The summed E-state index contributed by atoms with van der Waals surface area (Å²) in [5.74, 6) is -0.951. The molecule has 1 atom stereocenters. The Labute approximate surface area is 55.1 Å². The fourth-order valence-electron chi connectivity index (χ4n) is 0.490. The second kappa shape index (κ2) is 3.89. The minimum Gasteiger partial charge on any atom is -0.273 e. The lowest BCUT2D eigenvalue weighted by Crippen LogP contribution is -2.10. The maximum Gasteiger partial charge on any atom is 0.245 e. The third kappa shape index (κ3) is 2.69. The van der Waals surface area contributed by atoms with Crippen LogP contribution in [-0.4, -0.2) is 5.91 Å². The smallest absolute Gasteiger partial charge is 0.245 e. The van der Waals surface area contributed by atoms with Gasteiger partial charge in [-0.1, -0.05) is 12.2 Å². The van der Waals surface area contributed by atoms with Crippen molar-refractivity contribution in [3.8, 4) is 0 Å². The zero-order chi connectivity index (χ0) is 7.28. The Kier molecular flexibility index (Phi) is 3.44. The van der Waals surface area contributed by atoms with Crippen LogP contribution in [0.2, 0.25) is 0 Å². The maximum atomic E-state index is 10.3. The molecule has 49 valence electrons. The van der Waals surface area contributed by atoms with Crippen molar-refractivity contribution in [3.63, 3.8) is 0 Å². The van der Waals surface area contributed by atoms with Gasteiger partial charge in [0.1, 0.15) is 0 Å². The van der Waals surface area contributed by atoms with Gasteiger partial charge < -0.3 is 0 Å². The molecule has 0 rings (SSSR count). The predicted octanol–water partition coefficient (Wildman–Crippen LogP) is 1.17. The molecule has 0 saturated carbocycles. The van der Waals surface area contributed by atoms with Gasteiger partial charge in [-0.05, 0) is 6.42 Å². The molecule has 0 bridgehead atoms. The number of carbonyl (C=O) groups excluding carboxylic acids is 1. The van der Waals surface area contributed by atoms with Gasteiger partial charge in [-0.2, -0.15) is 0 Å². The molecule has 0 aliphatic heterocycles. The molecule has 2 nitrogen and oxygen atoms in total. The Hall–Kier alpha value is -1.05. The molecular formula is C7H10NO. The summed E-state index contributed by atoms with van der Waals surface area (Å²) in [5.41, 5.74) is 6.68. The van der Waals surface area contributed by atoms with Gasteiger partial charge in [0.15, 0.2) is 0 Å². The van der Waals surface area contributed by atoms with Gasteiger partial charge in [0.25, 0.3) is 0 Å². The Morgan fingerprint density at radius 3 is 2.33 bits per heavy atom. The Morgan fingerprint density at radius 1 is 1.67 bits per heavy atom. The molecule has 0 aromatic rings. The van der Waals surface area contributed by atoms with Gasteiger partial charge in [0.2, 0.25) is 5.91 Å². The lowest BCUT2D eigenvalue weighted by Gasteiger charge is -2.00. The summed E-state index contributed by atoms with van der Waals surface area (Å²) in [5, 5.41) is 0. The molecule has 0 saturated heterocycles. The third-order valence-electron chi connectivity index (χ3n) is 1.04. The molecule has 0 aromatic carbocycles. The molecule has 9 heavy (non-hydrogen) atoms. The average Bonchev–Trinajstić information content (AvgIpc) is 1.82. The molecule has 0 spiro atoms. The van der Waals surface area contributed by atoms with Crippen LogP contribution in [-0.2, 0) is 4.79 Å². The van der Waals surface area contributed by atoms with E-state index in [1.807, 2.05) is 0 Å². The minimum absolute atomic E-state index is 0.359. The molecule has 0 aliphatic carbocycles. The van der Waals surface area contributed by atoms with E-state index in [-0.39, 0.29) is 5.92 Å². The highest BCUT2D eigenvalue weighted by Gasteiger charge is 2.07. The molecule has 1 amide bonds. The fourth-order valence-corrected chi connectivity index (χ4v) is 0.490. The van der Waals surface area contributed by atoms with Crippen molar-refractivity contribution in [1.29, 1.82) is 0 Å². The van der Waals surface area contributed by atoms with Crippen LogP contribution in [0, 0.1) is 5.92 Å². The van der Waals surface area contributed by atoms with E-state index in [0.29, 0.717) is 6.42 Å². The topological polar surface area (TPSA) is 40.9 Å². The van der Waals surface area contributed by atoms with E-state index in [1.165, 1.54) is 6.08 Å². The number of hydrogen-bond donors (Lipinski definition) is 0.